The molecule has 2 amide bonds. The maximum Gasteiger partial charge on any atom is 0.229 e. The smallest absolute Gasteiger partial charge is 0.229 e. The topological polar surface area (TPSA) is 63.1 Å². The zero-order valence-corrected chi connectivity index (χ0v) is 11.9. The van der Waals surface area contributed by atoms with Crippen molar-refractivity contribution in [1.82, 2.24) is 9.88 Å². The Morgan fingerprint density at radius 1 is 1.32 bits per heavy atom. The number of anilines is 1. The second-order valence-electron chi connectivity index (χ2n) is 5.29. The zero-order chi connectivity index (χ0) is 15.5. The number of aromatic nitrogens is 1. The van der Waals surface area contributed by atoms with E-state index in [9.17, 15) is 14.0 Å². The number of hydrogen-bond donors (Lipinski definition) is 2. The van der Waals surface area contributed by atoms with E-state index in [0.717, 1.165) is 0 Å². The lowest BCUT2D eigenvalue weighted by Crippen LogP contribution is -2.40. The molecule has 1 aliphatic heterocycles. The molecule has 0 spiro atoms. The summed E-state index contributed by atoms with van der Waals surface area (Å²) >= 11 is 0. The monoisotopic (exact) mass is 301 g/mol. The minimum atomic E-state index is -0.362. The summed E-state index contributed by atoms with van der Waals surface area (Å²) in [4.78, 5) is 23.3. The summed E-state index contributed by atoms with van der Waals surface area (Å²) in [5.74, 6) is -0.803. The lowest BCUT2D eigenvalue weighted by Gasteiger charge is -2.21. The van der Waals surface area contributed by atoms with Gasteiger partial charge in [0.15, 0.2) is 0 Å². The maximum absolute atomic E-state index is 13.9. The lowest BCUT2D eigenvalue weighted by atomic mass is 9.98. The number of piperidine rings is 1. The van der Waals surface area contributed by atoms with E-state index in [1.54, 1.807) is 35.2 Å². The molecule has 2 N–H and O–H groups in total. The van der Waals surface area contributed by atoms with Gasteiger partial charge in [0.25, 0.3) is 0 Å². The summed E-state index contributed by atoms with van der Waals surface area (Å²) in [5, 5.41) is 5.46. The Labute approximate surface area is 127 Å². The lowest BCUT2D eigenvalue weighted by molar-refractivity contribution is -0.126. The van der Waals surface area contributed by atoms with Crippen molar-refractivity contribution in [3.63, 3.8) is 0 Å². The van der Waals surface area contributed by atoms with Crippen LogP contribution in [0, 0.1) is 11.7 Å². The van der Waals surface area contributed by atoms with Crippen LogP contribution in [0.4, 0.5) is 10.1 Å². The Bertz CT molecular complexity index is 687. The molecule has 2 aromatic rings. The molecule has 1 fully saturated rings. The molecule has 2 heterocycles. The normalized spacial score (nSPS) is 17.9. The van der Waals surface area contributed by atoms with Crippen LogP contribution in [0.3, 0.4) is 0 Å². The van der Waals surface area contributed by atoms with Crippen LogP contribution < -0.4 is 10.6 Å². The third-order valence-electron chi connectivity index (χ3n) is 3.73. The molecule has 0 aliphatic carbocycles. The second-order valence-corrected chi connectivity index (χ2v) is 5.29. The van der Waals surface area contributed by atoms with E-state index >= 15 is 0 Å². The highest BCUT2D eigenvalue weighted by Gasteiger charge is 2.24. The van der Waals surface area contributed by atoms with Crippen molar-refractivity contribution in [2.75, 3.05) is 11.9 Å². The summed E-state index contributed by atoms with van der Waals surface area (Å²) in [6.07, 6.45) is 4.36. The van der Waals surface area contributed by atoms with E-state index in [-0.39, 0.29) is 23.5 Å². The van der Waals surface area contributed by atoms with Gasteiger partial charge in [0.2, 0.25) is 11.8 Å². The second kappa shape index (κ2) is 6.01. The van der Waals surface area contributed by atoms with Crippen molar-refractivity contribution in [2.45, 2.75) is 12.8 Å². The number of benzene rings is 1. The SMILES string of the molecule is O=C1CC[C@H](C(=O)Nc2ccc(F)c(-n3cccc3)c2)CN1. The van der Waals surface area contributed by atoms with Crippen molar-refractivity contribution in [3.05, 3.63) is 48.5 Å². The largest absolute Gasteiger partial charge is 0.355 e. The van der Waals surface area contributed by atoms with Crippen LogP contribution in [0.1, 0.15) is 12.8 Å². The Kier molecular flexibility index (Phi) is 3.91. The molecule has 1 aromatic carbocycles. The zero-order valence-electron chi connectivity index (χ0n) is 11.9. The molecule has 5 nitrogen and oxygen atoms in total. The predicted octanol–water partition coefficient (Wildman–Crippen LogP) is 2.08. The molecule has 6 heteroatoms. The number of rotatable bonds is 3. The Morgan fingerprint density at radius 2 is 2.09 bits per heavy atom. The first-order chi connectivity index (χ1) is 10.6. The van der Waals surface area contributed by atoms with Gasteiger partial charge in [-0.2, -0.15) is 0 Å². The highest BCUT2D eigenvalue weighted by Crippen LogP contribution is 2.20. The highest BCUT2D eigenvalue weighted by molar-refractivity contribution is 5.94. The van der Waals surface area contributed by atoms with E-state index in [1.165, 1.54) is 12.1 Å². The number of amides is 2. The fourth-order valence-electron chi connectivity index (χ4n) is 2.48. The fourth-order valence-corrected chi connectivity index (χ4v) is 2.48. The van der Waals surface area contributed by atoms with Crippen LogP contribution in [0.2, 0.25) is 0 Å². The van der Waals surface area contributed by atoms with Gasteiger partial charge in [-0.1, -0.05) is 0 Å². The molecule has 1 aromatic heterocycles. The first-order valence-electron chi connectivity index (χ1n) is 7.14. The summed E-state index contributed by atoms with van der Waals surface area (Å²) in [6.45, 7) is 0.344. The van der Waals surface area contributed by atoms with Gasteiger partial charge in [-0.25, -0.2) is 4.39 Å². The molecule has 114 valence electrons. The molecular formula is C16H16FN3O2. The van der Waals surface area contributed by atoms with Crippen LogP contribution in [0.5, 0.6) is 0 Å². The van der Waals surface area contributed by atoms with E-state index in [4.69, 9.17) is 0 Å². The summed E-state index contributed by atoms with van der Waals surface area (Å²) in [7, 11) is 0. The van der Waals surface area contributed by atoms with Crippen LogP contribution in [-0.2, 0) is 9.59 Å². The quantitative estimate of drug-likeness (QED) is 0.911. The average Bonchev–Trinajstić information content (AvgIpc) is 3.04. The average molecular weight is 301 g/mol. The molecule has 0 unspecified atom stereocenters. The number of hydrogen-bond acceptors (Lipinski definition) is 2. The Balaban J connectivity index is 1.74. The fraction of sp³-hybridized carbons (Fsp3) is 0.250. The number of halogens is 1. The molecule has 0 saturated carbocycles. The van der Waals surface area contributed by atoms with Gasteiger partial charge >= 0.3 is 0 Å². The first-order valence-corrected chi connectivity index (χ1v) is 7.14. The van der Waals surface area contributed by atoms with E-state index < -0.39 is 0 Å². The van der Waals surface area contributed by atoms with Gasteiger partial charge in [-0.15, -0.1) is 0 Å². The molecule has 1 saturated heterocycles. The minimum Gasteiger partial charge on any atom is -0.355 e. The van der Waals surface area contributed by atoms with Crippen molar-refractivity contribution >= 4 is 17.5 Å². The summed E-state index contributed by atoms with van der Waals surface area (Å²) in [5.41, 5.74) is 0.909. The Morgan fingerprint density at radius 3 is 2.77 bits per heavy atom. The number of carbonyl (C=O) groups excluding carboxylic acids is 2. The predicted molar refractivity (Wildman–Crippen MR) is 80.1 cm³/mol. The Hall–Kier alpha value is -2.63. The van der Waals surface area contributed by atoms with Crippen molar-refractivity contribution in [1.29, 1.82) is 0 Å². The van der Waals surface area contributed by atoms with Gasteiger partial charge < -0.3 is 15.2 Å². The van der Waals surface area contributed by atoms with Crippen molar-refractivity contribution in [2.24, 2.45) is 5.92 Å². The number of nitrogens with zero attached hydrogens (tertiary/aromatic N) is 1. The minimum absolute atomic E-state index is 0.0271. The van der Waals surface area contributed by atoms with E-state index in [1.807, 2.05) is 0 Å². The molecule has 22 heavy (non-hydrogen) atoms. The summed E-state index contributed by atoms with van der Waals surface area (Å²) < 4.78 is 15.5. The van der Waals surface area contributed by atoms with Crippen LogP contribution in [0.25, 0.3) is 5.69 Å². The maximum atomic E-state index is 13.9. The van der Waals surface area contributed by atoms with Gasteiger partial charge in [-0.05, 0) is 36.8 Å². The van der Waals surface area contributed by atoms with Crippen molar-refractivity contribution < 1.29 is 14.0 Å². The van der Waals surface area contributed by atoms with Gasteiger partial charge in [0.05, 0.1) is 11.6 Å². The van der Waals surface area contributed by atoms with Gasteiger partial charge in [0, 0.05) is 31.0 Å². The molecular weight excluding hydrogens is 285 g/mol. The van der Waals surface area contributed by atoms with Crippen molar-refractivity contribution in [3.8, 4) is 5.69 Å². The van der Waals surface area contributed by atoms with Crippen LogP contribution >= 0.6 is 0 Å². The number of carbonyl (C=O) groups is 2. The van der Waals surface area contributed by atoms with E-state index in [0.29, 0.717) is 30.8 Å². The molecule has 0 bridgehead atoms. The van der Waals surface area contributed by atoms with Gasteiger partial charge in [-0.3, -0.25) is 9.59 Å². The molecule has 3 rings (SSSR count). The molecule has 1 atom stereocenters. The molecule has 1 aliphatic rings. The van der Waals surface area contributed by atoms with Gasteiger partial charge in [0.1, 0.15) is 5.82 Å². The summed E-state index contributed by atoms with van der Waals surface area (Å²) in [6, 6.07) is 8.05. The number of nitrogens with one attached hydrogen (secondary N) is 2. The van der Waals surface area contributed by atoms with Crippen LogP contribution in [0.15, 0.2) is 42.7 Å². The highest BCUT2D eigenvalue weighted by atomic mass is 19.1. The third-order valence-corrected chi connectivity index (χ3v) is 3.73. The standard InChI is InChI=1S/C16H16FN3O2/c17-13-5-4-12(9-14(13)20-7-1-2-8-20)19-16(22)11-3-6-15(21)18-10-11/h1-2,4-5,7-9,11H,3,6,10H2,(H,18,21)(H,19,22)/t11-/m0/s1. The van der Waals surface area contributed by atoms with Crippen LogP contribution in [-0.4, -0.2) is 22.9 Å². The molecule has 0 radical (unpaired) electrons. The first kappa shape index (κ1) is 14.3. The van der Waals surface area contributed by atoms with E-state index in [2.05, 4.69) is 10.6 Å². The third kappa shape index (κ3) is 3.00.